The lowest BCUT2D eigenvalue weighted by Crippen LogP contribution is -2.81. The molecule has 83 heavy (non-hydrogen) atoms. The Kier molecular flexibility index (Phi) is 16.9. The predicted octanol–water partition coefficient (Wildman–Crippen LogP) is 7.95. The molecule has 434 valence electrons. The number of aryl methyl sites for hydroxylation is 1. The van der Waals surface area contributed by atoms with E-state index in [0.717, 1.165) is 5.56 Å². The number of Topliss-reactive ketones (excluding diaryl/α,β-unsaturated/α-hetero) is 1. The maximum absolute atomic E-state index is 15.6. The third-order valence-corrected chi connectivity index (χ3v) is 17.0. The summed E-state index contributed by atoms with van der Waals surface area (Å²) in [5.41, 5.74) is -4.32. The summed E-state index contributed by atoms with van der Waals surface area (Å²) in [5.74, 6) is -6.69. The Balaban J connectivity index is 1.08. The highest BCUT2D eigenvalue weighted by Crippen LogP contribution is 2.65. The Hall–Kier alpha value is -8.52. The first-order valence-electron chi connectivity index (χ1n) is 27.4. The molecule has 2 saturated carbocycles. The highest BCUT2D eigenvalue weighted by atomic mass is 16.6. The van der Waals surface area contributed by atoms with E-state index < -0.39 is 113 Å². The zero-order valence-corrected chi connectivity index (χ0v) is 47.1. The van der Waals surface area contributed by atoms with Gasteiger partial charge >= 0.3 is 24.0 Å². The van der Waals surface area contributed by atoms with Crippen LogP contribution < -0.4 is 10.6 Å². The molecule has 0 aromatic heterocycles. The number of hydrogen-bond donors (Lipinski definition) is 6. The molecule has 5 aromatic carbocycles. The lowest BCUT2D eigenvalue weighted by Gasteiger charge is -2.67. The fraction of sp³-hybridized carbons (Fsp3) is 0.375. The number of carbonyl (C=O) groups is 6. The van der Waals surface area contributed by atoms with Gasteiger partial charge in [0.05, 0.1) is 42.7 Å². The molecule has 4 aliphatic rings. The molecule has 11 atom stereocenters. The Bertz CT molecular complexity index is 3390. The first-order chi connectivity index (χ1) is 39.5. The minimum Gasteiger partial charge on any atom is -0.507 e. The van der Waals surface area contributed by atoms with Crippen molar-refractivity contribution in [3.8, 4) is 11.5 Å². The fourth-order valence-corrected chi connectivity index (χ4v) is 12.8. The van der Waals surface area contributed by atoms with Crippen molar-refractivity contribution in [2.24, 2.45) is 32.7 Å². The number of hydrogen-bond acceptors (Lipinski definition) is 17. The summed E-state index contributed by atoms with van der Waals surface area (Å²) in [6, 6.07) is 32.2. The second kappa shape index (κ2) is 23.8. The molecule has 6 N–H and O–H groups in total. The van der Waals surface area contributed by atoms with Crippen molar-refractivity contribution in [1.29, 1.82) is 0 Å². The Labute approximate surface area is 480 Å². The van der Waals surface area contributed by atoms with Gasteiger partial charge in [0.1, 0.15) is 47.2 Å². The van der Waals surface area contributed by atoms with Crippen LogP contribution in [0.15, 0.2) is 149 Å². The van der Waals surface area contributed by atoms with Crippen LogP contribution in [0.25, 0.3) is 0 Å². The summed E-state index contributed by atoms with van der Waals surface area (Å²) in [6.45, 7) is 11.4. The smallest absolute Gasteiger partial charge is 0.412 e. The van der Waals surface area contributed by atoms with Crippen molar-refractivity contribution in [2.75, 3.05) is 25.0 Å². The number of aliphatic imine (C=N–C) groups is 2. The molecule has 19 heteroatoms. The van der Waals surface area contributed by atoms with E-state index in [0.29, 0.717) is 22.3 Å². The van der Waals surface area contributed by atoms with Crippen molar-refractivity contribution in [1.82, 2.24) is 5.32 Å². The van der Waals surface area contributed by atoms with Crippen LogP contribution in [0.1, 0.15) is 103 Å². The number of esters is 3. The molecule has 3 aliphatic carbocycles. The summed E-state index contributed by atoms with van der Waals surface area (Å²) in [6.07, 6.45) is -6.59. The van der Waals surface area contributed by atoms with Crippen LogP contribution in [0.2, 0.25) is 0 Å². The molecule has 3 fully saturated rings. The van der Waals surface area contributed by atoms with Crippen molar-refractivity contribution >= 4 is 53.8 Å². The van der Waals surface area contributed by atoms with Gasteiger partial charge in [-0.25, -0.2) is 14.4 Å². The average molecular weight is 1130 g/mol. The summed E-state index contributed by atoms with van der Waals surface area (Å²) in [7, 11) is 0. The minimum absolute atomic E-state index is 0.0837. The third-order valence-electron chi connectivity index (χ3n) is 17.0. The minimum atomic E-state index is -2.32. The molecule has 1 saturated heterocycles. The van der Waals surface area contributed by atoms with Gasteiger partial charge in [0.2, 0.25) is 6.10 Å². The van der Waals surface area contributed by atoms with Gasteiger partial charge in [-0.05, 0) is 92.1 Å². The summed E-state index contributed by atoms with van der Waals surface area (Å²) < 4.78 is 31.3. The van der Waals surface area contributed by atoms with E-state index in [9.17, 15) is 39.6 Å². The summed E-state index contributed by atoms with van der Waals surface area (Å²) >= 11 is 0. The van der Waals surface area contributed by atoms with Crippen molar-refractivity contribution in [3.05, 3.63) is 172 Å². The van der Waals surface area contributed by atoms with E-state index in [1.54, 1.807) is 131 Å². The van der Waals surface area contributed by atoms with Gasteiger partial charge in [-0.15, -0.1) is 0 Å². The van der Waals surface area contributed by atoms with E-state index in [1.807, 2.05) is 6.92 Å². The van der Waals surface area contributed by atoms with Crippen LogP contribution in [-0.2, 0) is 38.1 Å². The number of ketones is 1. The molecule has 2 amide bonds. The number of aromatic hydroxyl groups is 2. The van der Waals surface area contributed by atoms with E-state index >= 15 is 9.59 Å². The third kappa shape index (κ3) is 11.4. The second-order valence-electron chi connectivity index (χ2n) is 22.5. The SMILES string of the molecule is CC(=O)O[C@@]12CO[C@@H]1C[C@H](O)[C@@]1(C)C(=O)[C@H](C)C3=C(C)[C@@H](OC(=O)[C@H](OC(=O)Nc4ccc(O)c(/C=N/CC/N=C/c5cc(C)ccc5O)c4)[C@@H](NC(=O)c4ccccc4)c4ccccc4)C[C@@](O)([C@@H](OC(=O)c4ccccc4)[C@H]21)C3(C)C. The summed E-state index contributed by atoms with van der Waals surface area (Å²) in [5, 5.41) is 52.7. The lowest BCUT2D eigenvalue weighted by atomic mass is 9.43. The number of nitrogens with zero attached hydrogens (tertiary/aromatic N) is 2. The van der Waals surface area contributed by atoms with Gasteiger partial charge < -0.3 is 49.4 Å². The number of rotatable bonds is 16. The summed E-state index contributed by atoms with van der Waals surface area (Å²) in [4.78, 5) is 96.1. The number of phenolic OH excluding ortho intramolecular Hbond substituents is 2. The first-order valence-corrected chi connectivity index (χ1v) is 27.4. The van der Waals surface area contributed by atoms with E-state index in [1.165, 1.54) is 50.4 Å². The molecular formula is C64H68N4O15. The van der Waals surface area contributed by atoms with Gasteiger partial charge in [-0.1, -0.05) is 99.1 Å². The number of benzene rings is 5. The van der Waals surface area contributed by atoms with Crippen LogP contribution in [-0.4, -0.2) is 130 Å². The highest BCUT2D eigenvalue weighted by molar-refractivity contribution is 5.96. The molecule has 5 aromatic rings. The number of carbonyl (C=O) groups excluding carboxylic acids is 6. The predicted molar refractivity (Wildman–Crippen MR) is 305 cm³/mol. The number of fused-ring (bicyclic) bond motifs is 5. The van der Waals surface area contributed by atoms with E-state index in [4.69, 9.17) is 23.7 Å². The fourth-order valence-electron chi connectivity index (χ4n) is 12.8. The number of anilines is 1. The van der Waals surface area contributed by atoms with Gasteiger partial charge in [0.15, 0.2) is 5.60 Å². The van der Waals surface area contributed by atoms with Crippen molar-refractivity contribution in [3.63, 3.8) is 0 Å². The Morgan fingerprint density at radius 3 is 1.99 bits per heavy atom. The molecule has 0 unspecified atom stereocenters. The Morgan fingerprint density at radius 2 is 1.39 bits per heavy atom. The van der Waals surface area contributed by atoms with Gasteiger partial charge in [-0.2, -0.15) is 0 Å². The van der Waals surface area contributed by atoms with Gasteiger partial charge in [0, 0.05) is 65.9 Å². The first kappa shape index (κ1) is 59.1. The second-order valence-corrected chi connectivity index (χ2v) is 22.5. The molecule has 1 aliphatic heterocycles. The topological polar surface area (TPSA) is 278 Å². The number of nitrogens with one attached hydrogen (secondary N) is 2. The molecule has 0 spiro atoms. The maximum Gasteiger partial charge on any atom is 0.412 e. The number of ether oxygens (including phenoxy) is 5. The van der Waals surface area contributed by atoms with Crippen LogP contribution in [0.5, 0.6) is 11.5 Å². The molecule has 9 rings (SSSR count). The standard InChI is InChI=1S/C64H68N4O15/c1-36-23-25-46(70)43(29-36)33-65-27-28-66-34-44-30-45(24-26-47(44)71)67-60(77)81-53(52(40-17-11-8-12-18-40)68-57(74)41-19-13-9-14-20-41)59(76)80-48-32-64(78)56(82-58(75)42-21-15-10-16-22-42)54-62(7,55(73)38(3)51(37(48)2)61(64,5)6)49(72)31-50-63(54,35-79-50)83-39(4)69/h8-26,29-30,33-34,38,48-50,52-54,56,70-72,78H,27-28,31-32,35H2,1-7H3,(H,67,77)(H,68,74)/b65-33+,66-34+/t38-,48+,49+,50-,52+,53-,54+,56+,62-,63+,64-/m1/s1. The quantitative estimate of drug-likeness (QED) is 0.0137. The van der Waals surface area contributed by atoms with Crippen LogP contribution in [0, 0.1) is 29.6 Å². The van der Waals surface area contributed by atoms with Crippen LogP contribution >= 0.6 is 0 Å². The number of aliphatic hydroxyl groups excluding tert-OH is 1. The maximum atomic E-state index is 15.6. The van der Waals surface area contributed by atoms with Gasteiger partial charge in [-0.3, -0.25) is 29.7 Å². The molecule has 2 bridgehead atoms. The highest BCUT2D eigenvalue weighted by Gasteiger charge is 2.77. The molecular weight excluding hydrogens is 1060 g/mol. The van der Waals surface area contributed by atoms with Crippen molar-refractivity contribution in [2.45, 2.75) is 109 Å². The molecule has 1 heterocycles. The largest absolute Gasteiger partial charge is 0.507 e. The zero-order chi connectivity index (χ0) is 59.6. The monoisotopic (exact) mass is 1130 g/mol. The normalized spacial score (nSPS) is 26.9. The Morgan fingerprint density at radius 1 is 0.795 bits per heavy atom. The number of aliphatic hydroxyl groups is 2. The van der Waals surface area contributed by atoms with E-state index in [-0.39, 0.29) is 60.0 Å². The van der Waals surface area contributed by atoms with Crippen LogP contribution in [0.3, 0.4) is 0 Å². The lowest BCUT2D eigenvalue weighted by molar-refractivity contribution is -0.345. The number of phenols is 2. The van der Waals surface area contributed by atoms with Gasteiger partial charge in [0.25, 0.3) is 5.91 Å². The van der Waals surface area contributed by atoms with Crippen molar-refractivity contribution < 1.29 is 72.9 Å². The average Bonchev–Trinajstić information content (AvgIpc) is 0.748. The molecule has 0 radical (unpaired) electrons. The molecule has 19 nitrogen and oxygen atoms in total. The zero-order valence-electron chi connectivity index (χ0n) is 47.1. The van der Waals surface area contributed by atoms with Crippen LogP contribution in [0.4, 0.5) is 10.5 Å². The van der Waals surface area contributed by atoms with E-state index in [2.05, 4.69) is 20.6 Å². The number of amides is 2.